The fraction of sp³-hybridized carbons (Fsp3) is 0.375. The molecule has 4 rings (SSSR count). The predicted octanol–water partition coefficient (Wildman–Crippen LogP) is 2.61. The number of carbonyl (C=O) groups is 3. The standard InChI is InChI=1S/C24H27N3O4/c1-2-31-20-10-8-19(9-11-20)27-22(28)16-21(24(27)30)25-18-12-14-26(15-13-18)23(29)17-6-4-3-5-7-17/h3-11,18,21,25H,2,12-16H2,1H3/t21-/m1/s1. The number of ether oxygens (including phenoxy) is 1. The summed E-state index contributed by atoms with van der Waals surface area (Å²) >= 11 is 0. The third-order valence-corrected chi connectivity index (χ3v) is 5.79. The SMILES string of the molecule is CCOc1ccc(N2C(=O)C[C@@H](NC3CCN(C(=O)c4ccccc4)CC3)C2=O)cc1. The Bertz CT molecular complexity index is 937. The molecule has 1 N–H and O–H groups in total. The Labute approximate surface area is 182 Å². The molecule has 0 aliphatic carbocycles. The van der Waals surface area contributed by atoms with E-state index < -0.39 is 6.04 Å². The van der Waals surface area contributed by atoms with Crippen molar-refractivity contribution in [3.8, 4) is 5.75 Å². The molecule has 0 spiro atoms. The summed E-state index contributed by atoms with van der Waals surface area (Å²) in [6.07, 6.45) is 1.65. The van der Waals surface area contributed by atoms with Gasteiger partial charge in [0, 0.05) is 24.7 Å². The minimum absolute atomic E-state index is 0.0350. The van der Waals surface area contributed by atoms with Gasteiger partial charge in [-0.25, -0.2) is 4.90 Å². The number of anilines is 1. The summed E-state index contributed by atoms with van der Waals surface area (Å²) in [5, 5.41) is 3.35. The van der Waals surface area contributed by atoms with Gasteiger partial charge in [0.05, 0.1) is 24.8 Å². The molecule has 7 heteroatoms. The van der Waals surface area contributed by atoms with Crippen LogP contribution < -0.4 is 15.0 Å². The highest BCUT2D eigenvalue weighted by atomic mass is 16.5. The summed E-state index contributed by atoms with van der Waals surface area (Å²) in [5.74, 6) is 0.310. The van der Waals surface area contributed by atoms with Crippen molar-refractivity contribution in [3.63, 3.8) is 0 Å². The average molecular weight is 421 g/mol. The Kier molecular flexibility index (Phi) is 6.32. The van der Waals surface area contributed by atoms with E-state index in [1.165, 1.54) is 4.90 Å². The van der Waals surface area contributed by atoms with E-state index in [4.69, 9.17) is 4.74 Å². The minimum Gasteiger partial charge on any atom is -0.494 e. The molecule has 162 valence electrons. The van der Waals surface area contributed by atoms with Crippen LogP contribution in [0.15, 0.2) is 54.6 Å². The zero-order chi connectivity index (χ0) is 21.8. The number of benzene rings is 2. The lowest BCUT2D eigenvalue weighted by Gasteiger charge is -2.33. The van der Waals surface area contributed by atoms with Crippen LogP contribution in [0.5, 0.6) is 5.75 Å². The van der Waals surface area contributed by atoms with E-state index in [0.29, 0.717) is 36.7 Å². The molecule has 0 saturated carbocycles. The van der Waals surface area contributed by atoms with Gasteiger partial charge in [-0.15, -0.1) is 0 Å². The van der Waals surface area contributed by atoms with Crippen molar-refractivity contribution in [3.05, 3.63) is 60.2 Å². The third kappa shape index (κ3) is 4.61. The monoisotopic (exact) mass is 421 g/mol. The van der Waals surface area contributed by atoms with Gasteiger partial charge < -0.3 is 15.0 Å². The first-order valence-electron chi connectivity index (χ1n) is 10.8. The van der Waals surface area contributed by atoms with Gasteiger partial charge in [-0.2, -0.15) is 0 Å². The first-order valence-corrected chi connectivity index (χ1v) is 10.8. The van der Waals surface area contributed by atoms with Crippen molar-refractivity contribution in [1.82, 2.24) is 10.2 Å². The Morgan fingerprint density at radius 3 is 2.35 bits per heavy atom. The van der Waals surface area contributed by atoms with Gasteiger partial charge in [0.25, 0.3) is 11.8 Å². The van der Waals surface area contributed by atoms with Crippen LogP contribution in [0, 0.1) is 0 Å². The second-order valence-electron chi connectivity index (χ2n) is 7.85. The minimum atomic E-state index is -0.527. The number of carbonyl (C=O) groups excluding carboxylic acids is 3. The molecule has 2 saturated heterocycles. The maximum Gasteiger partial charge on any atom is 0.253 e. The van der Waals surface area contributed by atoms with Gasteiger partial charge in [-0.1, -0.05) is 18.2 Å². The van der Waals surface area contributed by atoms with E-state index in [0.717, 1.165) is 12.8 Å². The van der Waals surface area contributed by atoms with Crippen LogP contribution in [0.3, 0.4) is 0 Å². The van der Waals surface area contributed by atoms with Gasteiger partial charge in [0.1, 0.15) is 5.75 Å². The van der Waals surface area contributed by atoms with Crippen LogP contribution in [0.25, 0.3) is 0 Å². The lowest BCUT2D eigenvalue weighted by atomic mass is 10.0. The normalized spacial score (nSPS) is 19.7. The average Bonchev–Trinajstić information content (AvgIpc) is 3.08. The van der Waals surface area contributed by atoms with Crippen LogP contribution in [0.1, 0.15) is 36.5 Å². The molecular formula is C24H27N3O4. The Morgan fingerprint density at radius 1 is 1.03 bits per heavy atom. The smallest absolute Gasteiger partial charge is 0.253 e. The molecule has 0 aromatic heterocycles. The summed E-state index contributed by atoms with van der Waals surface area (Å²) < 4.78 is 5.42. The third-order valence-electron chi connectivity index (χ3n) is 5.79. The topological polar surface area (TPSA) is 79.0 Å². The van der Waals surface area contributed by atoms with E-state index in [2.05, 4.69) is 5.32 Å². The number of rotatable bonds is 6. The Hall–Kier alpha value is -3.19. The van der Waals surface area contributed by atoms with Crippen molar-refractivity contribution in [2.45, 2.75) is 38.3 Å². The lowest BCUT2D eigenvalue weighted by Crippen LogP contribution is -2.49. The summed E-state index contributed by atoms with van der Waals surface area (Å²) in [6.45, 7) is 3.72. The van der Waals surface area contributed by atoms with E-state index in [1.807, 2.05) is 42.2 Å². The molecule has 0 unspecified atom stereocenters. The van der Waals surface area contributed by atoms with Crippen molar-refractivity contribution in [2.24, 2.45) is 0 Å². The second-order valence-corrected chi connectivity index (χ2v) is 7.85. The van der Waals surface area contributed by atoms with E-state index >= 15 is 0 Å². The van der Waals surface area contributed by atoms with Gasteiger partial charge >= 0.3 is 0 Å². The molecule has 2 aromatic rings. The van der Waals surface area contributed by atoms with Gasteiger partial charge in [0.15, 0.2) is 0 Å². The molecule has 2 aromatic carbocycles. The molecule has 2 heterocycles. The van der Waals surface area contributed by atoms with Gasteiger partial charge in [-0.05, 0) is 56.2 Å². The number of piperidine rings is 1. The highest BCUT2D eigenvalue weighted by molar-refractivity contribution is 6.22. The molecule has 2 aliphatic rings. The fourth-order valence-electron chi connectivity index (χ4n) is 4.19. The second kappa shape index (κ2) is 9.31. The molecule has 1 atom stereocenters. The molecule has 0 bridgehead atoms. The maximum atomic E-state index is 12.9. The van der Waals surface area contributed by atoms with Gasteiger partial charge in [-0.3, -0.25) is 14.4 Å². The van der Waals surface area contributed by atoms with Crippen molar-refractivity contribution in [2.75, 3.05) is 24.6 Å². The van der Waals surface area contributed by atoms with Crippen molar-refractivity contribution >= 4 is 23.4 Å². The number of likely N-dealkylation sites (tertiary alicyclic amines) is 1. The summed E-state index contributed by atoms with van der Waals surface area (Å²) in [4.78, 5) is 41.1. The summed E-state index contributed by atoms with van der Waals surface area (Å²) in [6, 6.07) is 15.8. The van der Waals surface area contributed by atoms with Gasteiger partial charge in [0.2, 0.25) is 5.91 Å². The first kappa shape index (κ1) is 21.1. The zero-order valence-electron chi connectivity index (χ0n) is 17.6. The molecule has 7 nitrogen and oxygen atoms in total. The number of hydrogen-bond acceptors (Lipinski definition) is 5. The molecule has 2 fully saturated rings. The summed E-state index contributed by atoms with van der Waals surface area (Å²) in [5.41, 5.74) is 1.25. The molecular weight excluding hydrogens is 394 g/mol. The predicted molar refractivity (Wildman–Crippen MR) is 117 cm³/mol. The number of imide groups is 1. The van der Waals surface area contributed by atoms with E-state index in [1.54, 1.807) is 24.3 Å². The van der Waals surface area contributed by atoms with Crippen LogP contribution in [-0.2, 0) is 9.59 Å². The lowest BCUT2D eigenvalue weighted by molar-refractivity contribution is -0.121. The maximum absolute atomic E-state index is 12.9. The van der Waals surface area contributed by atoms with E-state index in [9.17, 15) is 14.4 Å². The number of nitrogens with one attached hydrogen (secondary N) is 1. The van der Waals surface area contributed by atoms with Crippen LogP contribution in [0.4, 0.5) is 5.69 Å². The van der Waals surface area contributed by atoms with Crippen molar-refractivity contribution in [1.29, 1.82) is 0 Å². The number of hydrogen-bond donors (Lipinski definition) is 1. The molecule has 3 amide bonds. The number of amides is 3. The summed E-state index contributed by atoms with van der Waals surface area (Å²) in [7, 11) is 0. The molecule has 2 aliphatic heterocycles. The Balaban J connectivity index is 1.33. The zero-order valence-corrected chi connectivity index (χ0v) is 17.6. The molecule has 31 heavy (non-hydrogen) atoms. The van der Waals surface area contributed by atoms with Crippen LogP contribution >= 0.6 is 0 Å². The highest BCUT2D eigenvalue weighted by Crippen LogP contribution is 2.26. The quantitative estimate of drug-likeness (QED) is 0.726. The van der Waals surface area contributed by atoms with Crippen LogP contribution in [-0.4, -0.2) is 54.4 Å². The molecule has 0 radical (unpaired) electrons. The Morgan fingerprint density at radius 2 is 1.71 bits per heavy atom. The van der Waals surface area contributed by atoms with E-state index in [-0.39, 0.29) is 30.2 Å². The first-order chi connectivity index (χ1) is 15.1. The fourth-order valence-corrected chi connectivity index (χ4v) is 4.19. The van der Waals surface area contributed by atoms with Crippen molar-refractivity contribution < 1.29 is 19.1 Å². The number of nitrogens with zero attached hydrogens (tertiary/aromatic N) is 2. The van der Waals surface area contributed by atoms with Crippen LogP contribution in [0.2, 0.25) is 0 Å². The highest BCUT2D eigenvalue weighted by Gasteiger charge is 2.40. The largest absolute Gasteiger partial charge is 0.494 e.